The van der Waals surface area contributed by atoms with Gasteiger partial charge in [0, 0.05) is 18.6 Å². The van der Waals surface area contributed by atoms with Gasteiger partial charge < -0.3 is 10.1 Å². The van der Waals surface area contributed by atoms with Gasteiger partial charge in [-0.25, -0.2) is 0 Å². The van der Waals surface area contributed by atoms with E-state index in [-0.39, 0.29) is 18.3 Å². The molecule has 3 nitrogen and oxygen atoms in total. The minimum Gasteiger partial charge on any atom is -0.374 e. The normalized spacial score (nSPS) is 11.3. The second kappa shape index (κ2) is 8.86. The maximum absolute atomic E-state index is 11.2. The number of ether oxygens (including phenoxy) is 1. The highest BCUT2D eigenvalue weighted by Crippen LogP contribution is 1.96. The van der Waals surface area contributed by atoms with Gasteiger partial charge >= 0.3 is 0 Å². The molecular weight excluding hydrogens is 190 g/mol. The Bertz CT molecular complexity index is 167. The molecule has 0 rings (SSSR count). The van der Waals surface area contributed by atoms with E-state index in [4.69, 9.17) is 4.74 Å². The lowest BCUT2D eigenvalue weighted by atomic mass is 10.1. The van der Waals surface area contributed by atoms with Crippen molar-refractivity contribution in [2.75, 3.05) is 19.8 Å². The fraction of sp³-hybridized carbons (Fsp3) is 0.917. The Morgan fingerprint density at radius 1 is 1.20 bits per heavy atom. The molecule has 0 heterocycles. The third-order valence-electron chi connectivity index (χ3n) is 2.16. The molecule has 15 heavy (non-hydrogen) atoms. The second-order valence-electron chi connectivity index (χ2n) is 4.49. The standard InChI is InChI=1S/C12H25NO2/c1-10(2)12(14)9-15-8-6-5-7-13-11(3)4/h10-11,13H,5-9H2,1-4H3. The van der Waals surface area contributed by atoms with Gasteiger partial charge in [-0.15, -0.1) is 0 Å². The van der Waals surface area contributed by atoms with Crippen LogP contribution in [0.3, 0.4) is 0 Å². The molecule has 0 fully saturated rings. The molecule has 0 amide bonds. The van der Waals surface area contributed by atoms with Crippen LogP contribution in [0.15, 0.2) is 0 Å². The highest BCUT2D eigenvalue weighted by atomic mass is 16.5. The van der Waals surface area contributed by atoms with E-state index in [0.29, 0.717) is 12.6 Å². The van der Waals surface area contributed by atoms with Crippen molar-refractivity contribution in [3.8, 4) is 0 Å². The van der Waals surface area contributed by atoms with Gasteiger partial charge in [0.25, 0.3) is 0 Å². The van der Waals surface area contributed by atoms with Crippen LogP contribution in [-0.2, 0) is 9.53 Å². The van der Waals surface area contributed by atoms with Crippen LogP contribution in [-0.4, -0.2) is 31.6 Å². The number of nitrogens with one attached hydrogen (secondary N) is 1. The smallest absolute Gasteiger partial charge is 0.160 e. The van der Waals surface area contributed by atoms with Gasteiger partial charge in [-0.05, 0) is 19.4 Å². The quantitative estimate of drug-likeness (QED) is 0.598. The Labute approximate surface area is 93.6 Å². The zero-order valence-electron chi connectivity index (χ0n) is 10.5. The van der Waals surface area contributed by atoms with Crippen molar-refractivity contribution in [2.45, 2.75) is 46.6 Å². The zero-order valence-corrected chi connectivity index (χ0v) is 10.5. The number of ketones is 1. The number of Topliss-reactive ketones (excluding diaryl/α,β-unsaturated/α-hetero) is 1. The Hall–Kier alpha value is -0.410. The highest BCUT2D eigenvalue weighted by Gasteiger charge is 2.06. The largest absolute Gasteiger partial charge is 0.374 e. The summed E-state index contributed by atoms with van der Waals surface area (Å²) in [7, 11) is 0. The predicted molar refractivity (Wildman–Crippen MR) is 63.0 cm³/mol. The van der Waals surface area contributed by atoms with Gasteiger partial charge in [0.15, 0.2) is 5.78 Å². The maximum atomic E-state index is 11.2. The average molecular weight is 215 g/mol. The average Bonchev–Trinajstić information content (AvgIpc) is 2.15. The number of unbranched alkanes of at least 4 members (excludes halogenated alkanes) is 1. The molecule has 0 aromatic heterocycles. The summed E-state index contributed by atoms with van der Waals surface area (Å²) in [6.45, 7) is 10.1. The number of rotatable bonds is 9. The van der Waals surface area contributed by atoms with E-state index in [9.17, 15) is 4.79 Å². The SMILES string of the molecule is CC(C)NCCCCOCC(=O)C(C)C. The lowest BCUT2D eigenvalue weighted by Crippen LogP contribution is -2.24. The number of carbonyl (C=O) groups is 1. The predicted octanol–water partition coefficient (Wildman–Crippen LogP) is 2.01. The van der Waals surface area contributed by atoms with Gasteiger partial charge in [0.2, 0.25) is 0 Å². The summed E-state index contributed by atoms with van der Waals surface area (Å²) in [6.07, 6.45) is 2.12. The number of hydrogen-bond acceptors (Lipinski definition) is 3. The van der Waals surface area contributed by atoms with E-state index in [2.05, 4.69) is 19.2 Å². The number of hydrogen-bond donors (Lipinski definition) is 1. The summed E-state index contributed by atoms with van der Waals surface area (Å²) in [5, 5.41) is 3.34. The second-order valence-corrected chi connectivity index (χ2v) is 4.49. The lowest BCUT2D eigenvalue weighted by Gasteiger charge is -2.08. The molecule has 0 aliphatic rings. The molecule has 0 bridgehead atoms. The molecule has 0 aromatic carbocycles. The van der Waals surface area contributed by atoms with Gasteiger partial charge in [-0.3, -0.25) is 4.79 Å². The minimum absolute atomic E-state index is 0.0904. The lowest BCUT2D eigenvalue weighted by molar-refractivity contribution is -0.126. The van der Waals surface area contributed by atoms with Crippen molar-refractivity contribution >= 4 is 5.78 Å². The molecule has 1 N–H and O–H groups in total. The molecule has 3 heteroatoms. The van der Waals surface area contributed by atoms with Crippen LogP contribution in [0.5, 0.6) is 0 Å². The van der Waals surface area contributed by atoms with Gasteiger partial charge in [0.05, 0.1) is 0 Å². The van der Waals surface area contributed by atoms with Crippen molar-refractivity contribution < 1.29 is 9.53 Å². The topological polar surface area (TPSA) is 38.3 Å². The van der Waals surface area contributed by atoms with Crippen molar-refractivity contribution in [2.24, 2.45) is 5.92 Å². The molecule has 90 valence electrons. The molecule has 0 aliphatic heterocycles. The van der Waals surface area contributed by atoms with Crippen LogP contribution in [0.1, 0.15) is 40.5 Å². The minimum atomic E-state index is 0.0904. The van der Waals surface area contributed by atoms with E-state index in [0.717, 1.165) is 19.4 Å². The fourth-order valence-electron chi connectivity index (χ4n) is 1.06. The Morgan fingerprint density at radius 3 is 2.40 bits per heavy atom. The van der Waals surface area contributed by atoms with Gasteiger partial charge in [-0.2, -0.15) is 0 Å². The molecule has 0 saturated carbocycles. The molecule has 0 aromatic rings. The fourth-order valence-corrected chi connectivity index (χ4v) is 1.06. The van der Waals surface area contributed by atoms with Gasteiger partial charge in [0.1, 0.15) is 6.61 Å². The molecule has 0 atom stereocenters. The maximum Gasteiger partial charge on any atom is 0.160 e. The zero-order chi connectivity index (χ0) is 11.7. The van der Waals surface area contributed by atoms with Crippen molar-refractivity contribution in [3.63, 3.8) is 0 Å². The molecule has 0 unspecified atom stereocenters. The van der Waals surface area contributed by atoms with Crippen LogP contribution in [0.2, 0.25) is 0 Å². The molecule has 0 saturated heterocycles. The molecular formula is C12H25NO2. The molecule has 0 radical (unpaired) electrons. The van der Waals surface area contributed by atoms with E-state index in [1.54, 1.807) is 0 Å². The first-order valence-electron chi connectivity index (χ1n) is 5.88. The van der Waals surface area contributed by atoms with E-state index >= 15 is 0 Å². The third kappa shape index (κ3) is 9.88. The van der Waals surface area contributed by atoms with E-state index in [1.807, 2.05) is 13.8 Å². The summed E-state index contributed by atoms with van der Waals surface area (Å²) < 4.78 is 5.29. The first kappa shape index (κ1) is 14.6. The van der Waals surface area contributed by atoms with E-state index < -0.39 is 0 Å². The summed E-state index contributed by atoms with van der Waals surface area (Å²) in [4.78, 5) is 11.2. The Kier molecular flexibility index (Phi) is 8.62. The Morgan fingerprint density at radius 2 is 1.87 bits per heavy atom. The highest BCUT2D eigenvalue weighted by molar-refractivity contribution is 5.81. The van der Waals surface area contributed by atoms with Crippen LogP contribution in [0.4, 0.5) is 0 Å². The first-order chi connectivity index (χ1) is 7.04. The Balaban J connectivity index is 3.15. The van der Waals surface area contributed by atoms with Crippen LogP contribution < -0.4 is 5.32 Å². The summed E-state index contributed by atoms with van der Waals surface area (Å²) >= 11 is 0. The van der Waals surface area contributed by atoms with Crippen molar-refractivity contribution in [1.29, 1.82) is 0 Å². The van der Waals surface area contributed by atoms with Crippen molar-refractivity contribution in [1.82, 2.24) is 5.32 Å². The summed E-state index contributed by atoms with van der Waals surface area (Å²) in [5.41, 5.74) is 0. The first-order valence-corrected chi connectivity index (χ1v) is 5.88. The van der Waals surface area contributed by atoms with Crippen LogP contribution in [0, 0.1) is 5.92 Å². The summed E-state index contributed by atoms with van der Waals surface area (Å²) in [5.74, 6) is 0.280. The van der Waals surface area contributed by atoms with E-state index in [1.165, 1.54) is 0 Å². The monoisotopic (exact) mass is 215 g/mol. The third-order valence-corrected chi connectivity index (χ3v) is 2.16. The van der Waals surface area contributed by atoms with Crippen LogP contribution in [0.25, 0.3) is 0 Å². The molecule has 0 aliphatic carbocycles. The van der Waals surface area contributed by atoms with Crippen molar-refractivity contribution in [3.05, 3.63) is 0 Å². The van der Waals surface area contributed by atoms with Gasteiger partial charge in [-0.1, -0.05) is 27.7 Å². The number of carbonyl (C=O) groups excluding carboxylic acids is 1. The molecule has 0 spiro atoms. The van der Waals surface area contributed by atoms with Crippen LogP contribution >= 0.6 is 0 Å². The summed E-state index contributed by atoms with van der Waals surface area (Å²) in [6, 6.07) is 0.549.